The van der Waals surface area contributed by atoms with Gasteiger partial charge in [-0.15, -0.1) is 5.92 Å². The molecule has 0 aliphatic carbocycles. The Morgan fingerprint density at radius 1 is 1.27 bits per heavy atom. The van der Waals surface area contributed by atoms with Crippen molar-refractivity contribution < 1.29 is 4.74 Å². The van der Waals surface area contributed by atoms with E-state index >= 15 is 0 Å². The fraction of sp³-hybridized carbons (Fsp3) is 0.200. The Kier molecular flexibility index (Phi) is 2.57. The first kappa shape index (κ1) is 7.68. The lowest BCUT2D eigenvalue weighted by Crippen LogP contribution is -1.85. The molecule has 0 spiro atoms. The SMILES string of the molecule is CC#Cc1ccccc1OC. The minimum atomic E-state index is 0.835. The van der Waals surface area contributed by atoms with Gasteiger partial charge in [0.25, 0.3) is 0 Å². The van der Waals surface area contributed by atoms with Gasteiger partial charge in [-0.2, -0.15) is 0 Å². The van der Waals surface area contributed by atoms with Crippen molar-refractivity contribution >= 4 is 0 Å². The number of benzene rings is 1. The molecule has 0 unspecified atom stereocenters. The van der Waals surface area contributed by atoms with Crippen LogP contribution in [0, 0.1) is 11.8 Å². The van der Waals surface area contributed by atoms with Crippen LogP contribution in [-0.2, 0) is 0 Å². The summed E-state index contributed by atoms with van der Waals surface area (Å²) in [7, 11) is 1.65. The highest BCUT2D eigenvalue weighted by Crippen LogP contribution is 2.15. The van der Waals surface area contributed by atoms with Gasteiger partial charge in [0, 0.05) is 0 Å². The van der Waals surface area contributed by atoms with Crippen molar-refractivity contribution in [3.8, 4) is 17.6 Å². The van der Waals surface area contributed by atoms with E-state index in [1.54, 1.807) is 7.11 Å². The fourth-order valence-electron chi connectivity index (χ4n) is 0.883. The normalized spacial score (nSPS) is 8.18. The van der Waals surface area contributed by atoms with Crippen molar-refractivity contribution in [2.24, 2.45) is 0 Å². The monoisotopic (exact) mass is 146 g/mol. The maximum atomic E-state index is 5.10. The molecule has 0 heterocycles. The average molecular weight is 146 g/mol. The lowest BCUT2D eigenvalue weighted by atomic mass is 10.2. The quantitative estimate of drug-likeness (QED) is 0.551. The minimum absolute atomic E-state index is 0.835. The molecule has 0 aliphatic heterocycles. The maximum Gasteiger partial charge on any atom is 0.134 e. The number of hydrogen-bond donors (Lipinski definition) is 0. The van der Waals surface area contributed by atoms with Crippen LogP contribution >= 0.6 is 0 Å². The molecule has 1 aromatic carbocycles. The highest BCUT2D eigenvalue weighted by molar-refractivity contribution is 5.45. The zero-order valence-electron chi connectivity index (χ0n) is 6.72. The Morgan fingerprint density at radius 3 is 2.64 bits per heavy atom. The number of ether oxygens (including phenoxy) is 1. The van der Waals surface area contributed by atoms with Crippen LogP contribution in [0.4, 0.5) is 0 Å². The van der Waals surface area contributed by atoms with Crippen molar-refractivity contribution in [3.05, 3.63) is 29.8 Å². The first-order valence-electron chi connectivity index (χ1n) is 3.44. The van der Waals surface area contributed by atoms with Gasteiger partial charge in [-0.05, 0) is 19.1 Å². The van der Waals surface area contributed by atoms with E-state index in [0.717, 1.165) is 11.3 Å². The van der Waals surface area contributed by atoms with Crippen molar-refractivity contribution in [1.29, 1.82) is 0 Å². The number of methoxy groups -OCH3 is 1. The second kappa shape index (κ2) is 3.68. The van der Waals surface area contributed by atoms with Crippen LogP contribution < -0.4 is 4.74 Å². The average Bonchev–Trinajstić information content (AvgIpc) is 2.06. The standard InChI is InChI=1S/C10H10O/c1-3-6-9-7-4-5-8-10(9)11-2/h4-5,7-8H,1-2H3. The Bertz CT molecular complexity index is 291. The van der Waals surface area contributed by atoms with E-state index in [0.29, 0.717) is 0 Å². The fourth-order valence-corrected chi connectivity index (χ4v) is 0.883. The van der Waals surface area contributed by atoms with Crippen molar-refractivity contribution in [1.82, 2.24) is 0 Å². The molecule has 0 atom stereocenters. The van der Waals surface area contributed by atoms with E-state index in [9.17, 15) is 0 Å². The first-order chi connectivity index (χ1) is 5.38. The van der Waals surface area contributed by atoms with E-state index in [4.69, 9.17) is 4.74 Å². The molecule has 0 aromatic heterocycles. The first-order valence-corrected chi connectivity index (χ1v) is 3.44. The number of para-hydroxylation sites is 1. The molecule has 0 radical (unpaired) electrons. The van der Waals surface area contributed by atoms with Gasteiger partial charge in [-0.25, -0.2) is 0 Å². The second-order valence-electron chi connectivity index (χ2n) is 2.08. The summed E-state index contributed by atoms with van der Waals surface area (Å²) in [5, 5.41) is 0. The molecule has 1 heteroatoms. The topological polar surface area (TPSA) is 9.23 Å². The Hall–Kier alpha value is -1.42. The molecule has 0 amide bonds. The van der Waals surface area contributed by atoms with Gasteiger partial charge in [-0.3, -0.25) is 0 Å². The molecule has 0 N–H and O–H groups in total. The van der Waals surface area contributed by atoms with Gasteiger partial charge in [0.2, 0.25) is 0 Å². The molecule has 56 valence electrons. The summed E-state index contributed by atoms with van der Waals surface area (Å²) in [5.41, 5.74) is 0.942. The lowest BCUT2D eigenvalue weighted by molar-refractivity contribution is 0.413. The molecule has 11 heavy (non-hydrogen) atoms. The molecular formula is C10H10O. The molecule has 1 rings (SSSR count). The number of hydrogen-bond acceptors (Lipinski definition) is 1. The van der Waals surface area contributed by atoms with E-state index < -0.39 is 0 Å². The smallest absolute Gasteiger partial charge is 0.134 e. The Balaban J connectivity index is 3.09. The summed E-state index contributed by atoms with van der Waals surface area (Å²) in [6.07, 6.45) is 0. The molecular weight excluding hydrogens is 136 g/mol. The molecule has 0 bridgehead atoms. The van der Waals surface area contributed by atoms with Gasteiger partial charge in [-0.1, -0.05) is 18.1 Å². The summed E-state index contributed by atoms with van der Waals surface area (Å²) in [4.78, 5) is 0. The van der Waals surface area contributed by atoms with Crippen LogP contribution in [-0.4, -0.2) is 7.11 Å². The minimum Gasteiger partial charge on any atom is -0.495 e. The van der Waals surface area contributed by atoms with Crippen molar-refractivity contribution in [3.63, 3.8) is 0 Å². The van der Waals surface area contributed by atoms with Crippen LogP contribution in [0.25, 0.3) is 0 Å². The van der Waals surface area contributed by atoms with Crippen LogP contribution in [0.5, 0.6) is 5.75 Å². The van der Waals surface area contributed by atoms with Gasteiger partial charge in [0.05, 0.1) is 12.7 Å². The van der Waals surface area contributed by atoms with E-state index in [-0.39, 0.29) is 0 Å². The zero-order chi connectivity index (χ0) is 8.10. The summed E-state index contributed by atoms with van der Waals surface area (Å²) in [6.45, 7) is 1.81. The van der Waals surface area contributed by atoms with Crippen LogP contribution in [0.15, 0.2) is 24.3 Å². The molecule has 0 saturated carbocycles. The predicted molar refractivity (Wildman–Crippen MR) is 45.5 cm³/mol. The zero-order valence-corrected chi connectivity index (χ0v) is 6.72. The Labute approximate surface area is 67.0 Å². The summed E-state index contributed by atoms with van der Waals surface area (Å²) in [5.74, 6) is 6.62. The third-order valence-corrected chi connectivity index (χ3v) is 1.37. The van der Waals surface area contributed by atoms with Crippen LogP contribution in [0.2, 0.25) is 0 Å². The highest BCUT2D eigenvalue weighted by atomic mass is 16.5. The van der Waals surface area contributed by atoms with Gasteiger partial charge < -0.3 is 4.74 Å². The largest absolute Gasteiger partial charge is 0.495 e. The van der Waals surface area contributed by atoms with Gasteiger partial charge >= 0.3 is 0 Å². The summed E-state index contributed by atoms with van der Waals surface area (Å²) >= 11 is 0. The third kappa shape index (κ3) is 1.75. The van der Waals surface area contributed by atoms with Crippen LogP contribution in [0.3, 0.4) is 0 Å². The van der Waals surface area contributed by atoms with E-state index in [2.05, 4.69) is 11.8 Å². The molecule has 0 fully saturated rings. The molecule has 0 aliphatic rings. The molecule has 0 saturated heterocycles. The third-order valence-electron chi connectivity index (χ3n) is 1.37. The summed E-state index contributed by atoms with van der Waals surface area (Å²) in [6, 6.07) is 7.72. The predicted octanol–water partition coefficient (Wildman–Crippen LogP) is 2.07. The van der Waals surface area contributed by atoms with Crippen LogP contribution in [0.1, 0.15) is 12.5 Å². The second-order valence-corrected chi connectivity index (χ2v) is 2.08. The summed E-state index contributed by atoms with van der Waals surface area (Å²) < 4.78 is 5.10. The van der Waals surface area contributed by atoms with E-state index in [1.807, 2.05) is 31.2 Å². The number of rotatable bonds is 1. The van der Waals surface area contributed by atoms with Gasteiger partial charge in [0.1, 0.15) is 5.75 Å². The van der Waals surface area contributed by atoms with Crippen molar-refractivity contribution in [2.75, 3.05) is 7.11 Å². The van der Waals surface area contributed by atoms with Crippen molar-refractivity contribution in [2.45, 2.75) is 6.92 Å². The Morgan fingerprint density at radius 2 is 2.00 bits per heavy atom. The maximum absolute atomic E-state index is 5.10. The highest BCUT2D eigenvalue weighted by Gasteiger charge is 1.94. The lowest BCUT2D eigenvalue weighted by Gasteiger charge is -2.00. The molecule has 1 nitrogen and oxygen atoms in total. The van der Waals surface area contributed by atoms with E-state index in [1.165, 1.54) is 0 Å². The molecule has 1 aromatic rings. The van der Waals surface area contributed by atoms with Gasteiger partial charge in [0.15, 0.2) is 0 Å².